The zero-order valence-corrected chi connectivity index (χ0v) is 10.7. The Morgan fingerprint density at radius 2 is 2.06 bits per heavy atom. The first-order chi connectivity index (χ1) is 8.24. The molecule has 1 aromatic rings. The maximum atomic E-state index is 5.21. The van der Waals surface area contributed by atoms with Crippen molar-refractivity contribution in [1.29, 1.82) is 0 Å². The van der Waals surface area contributed by atoms with Crippen LogP contribution in [0.2, 0.25) is 0 Å². The molecule has 0 bridgehead atoms. The molecule has 0 N–H and O–H groups in total. The number of hydrogen-bond acceptors (Lipinski definition) is 4. The molecule has 2 rings (SSSR count). The Labute approximate surface area is 102 Å². The predicted molar refractivity (Wildman–Crippen MR) is 64.5 cm³/mol. The SMILES string of the molecule is COC(OC)c1ccnc(C2CCC(C)C2)n1. The summed E-state index contributed by atoms with van der Waals surface area (Å²) in [5.74, 6) is 2.22. The molecule has 94 valence electrons. The Bertz CT molecular complexity index is 366. The van der Waals surface area contributed by atoms with E-state index in [1.807, 2.05) is 6.07 Å². The van der Waals surface area contributed by atoms with Crippen LogP contribution in [-0.2, 0) is 9.47 Å². The van der Waals surface area contributed by atoms with Gasteiger partial charge < -0.3 is 9.47 Å². The largest absolute Gasteiger partial charge is 0.350 e. The topological polar surface area (TPSA) is 44.2 Å². The molecule has 2 unspecified atom stereocenters. The maximum Gasteiger partial charge on any atom is 0.200 e. The summed E-state index contributed by atoms with van der Waals surface area (Å²) >= 11 is 0. The lowest BCUT2D eigenvalue weighted by atomic mass is 10.1. The Morgan fingerprint density at radius 3 is 2.65 bits per heavy atom. The summed E-state index contributed by atoms with van der Waals surface area (Å²) in [7, 11) is 3.24. The van der Waals surface area contributed by atoms with Gasteiger partial charge in [-0.3, -0.25) is 0 Å². The van der Waals surface area contributed by atoms with Crippen LogP contribution < -0.4 is 0 Å². The van der Waals surface area contributed by atoms with Crippen molar-refractivity contribution in [2.45, 2.75) is 38.4 Å². The molecule has 0 radical (unpaired) electrons. The predicted octanol–water partition coefficient (Wildman–Crippen LogP) is 2.67. The normalized spacial score (nSPS) is 24.5. The highest BCUT2D eigenvalue weighted by Crippen LogP contribution is 2.36. The van der Waals surface area contributed by atoms with Crippen LogP contribution in [0.5, 0.6) is 0 Å². The van der Waals surface area contributed by atoms with Crippen molar-refractivity contribution >= 4 is 0 Å². The first-order valence-corrected chi connectivity index (χ1v) is 6.13. The smallest absolute Gasteiger partial charge is 0.200 e. The maximum absolute atomic E-state index is 5.21. The van der Waals surface area contributed by atoms with Crippen molar-refractivity contribution < 1.29 is 9.47 Å². The van der Waals surface area contributed by atoms with E-state index in [9.17, 15) is 0 Å². The monoisotopic (exact) mass is 236 g/mol. The van der Waals surface area contributed by atoms with Gasteiger partial charge in [-0.15, -0.1) is 0 Å². The van der Waals surface area contributed by atoms with E-state index in [1.165, 1.54) is 19.3 Å². The third-order valence-corrected chi connectivity index (χ3v) is 3.43. The van der Waals surface area contributed by atoms with Crippen LogP contribution in [0.1, 0.15) is 49.9 Å². The van der Waals surface area contributed by atoms with Crippen LogP contribution in [0, 0.1) is 5.92 Å². The van der Waals surface area contributed by atoms with Gasteiger partial charge in [-0.2, -0.15) is 0 Å². The zero-order valence-electron chi connectivity index (χ0n) is 10.7. The Kier molecular flexibility index (Phi) is 4.07. The lowest BCUT2D eigenvalue weighted by molar-refractivity contribution is -0.108. The third-order valence-electron chi connectivity index (χ3n) is 3.43. The molecule has 0 saturated heterocycles. The van der Waals surface area contributed by atoms with Crippen LogP contribution in [0.15, 0.2) is 12.3 Å². The fourth-order valence-corrected chi connectivity index (χ4v) is 2.50. The molecule has 1 aromatic heterocycles. The minimum atomic E-state index is -0.393. The van der Waals surface area contributed by atoms with Crippen LogP contribution in [0.4, 0.5) is 0 Å². The van der Waals surface area contributed by atoms with Crippen molar-refractivity contribution in [3.05, 3.63) is 23.8 Å². The number of aromatic nitrogens is 2. The second kappa shape index (κ2) is 5.56. The summed E-state index contributed by atoms with van der Waals surface area (Å²) in [6.07, 6.45) is 5.06. The molecule has 0 aliphatic heterocycles. The molecular formula is C13H20N2O2. The summed E-state index contributed by atoms with van der Waals surface area (Å²) in [5.41, 5.74) is 0.805. The molecule has 2 atom stereocenters. The molecular weight excluding hydrogens is 216 g/mol. The van der Waals surface area contributed by atoms with Crippen LogP contribution in [-0.4, -0.2) is 24.2 Å². The first-order valence-electron chi connectivity index (χ1n) is 6.13. The highest BCUT2D eigenvalue weighted by Gasteiger charge is 2.25. The number of methoxy groups -OCH3 is 2. The van der Waals surface area contributed by atoms with Crippen LogP contribution in [0.3, 0.4) is 0 Å². The highest BCUT2D eigenvalue weighted by molar-refractivity contribution is 5.08. The lowest BCUT2D eigenvalue weighted by Crippen LogP contribution is -2.10. The molecule has 17 heavy (non-hydrogen) atoms. The average molecular weight is 236 g/mol. The van der Waals surface area contributed by atoms with Gasteiger partial charge in [0.15, 0.2) is 0 Å². The van der Waals surface area contributed by atoms with Crippen molar-refractivity contribution in [1.82, 2.24) is 9.97 Å². The van der Waals surface area contributed by atoms with Gasteiger partial charge >= 0.3 is 0 Å². The molecule has 0 amide bonds. The van der Waals surface area contributed by atoms with E-state index >= 15 is 0 Å². The van der Waals surface area contributed by atoms with Crippen LogP contribution in [0.25, 0.3) is 0 Å². The van der Waals surface area contributed by atoms with E-state index in [-0.39, 0.29) is 0 Å². The number of nitrogens with zero attached hydrogens (tertiary/aromatic N) is 2. The highest BCUT2D eigenvalue weighted by atomic mass is 16.7. The number of rotatable bonds is 4. The van der Waals surface area contributed by atoms with Gasteiger partial charge in [0.1, 0.15) is 5.82 Å². The second-order valence-corrected chi connectivity index (χ2v) is 4.76. The summed E-state index contributed by atoms with van der Waals surface area (Å²) < 4.78 is 10.4. The first kappa shape index (κ1) is 12.5. The van der Waals surface area contributed by atoms with E-state index in [1.54, 1.807) is 20.4 Å². The van der Waals surface area contributed by atoms with E-state index in [4.69, 9.17) is 9.47 Å². The van der Waals surface area contributed by atoms with E-state index in [0.717, 1.165) is 17.4 Å². The standard InChI is InChI=1S/C13H20N2O2/c1-9-4-5-10(8-9)12-14-7-6-11(15-12)13(16-2)17-3/h6-7,9-10,13H,4-5,8H2,1-3H3. The Balaban J connectivity index is 2.16. The molecule has 0 spiro atoms. The quantitative estimate of drug-likeness (QED) is 0.754. The van der Waals surface area contributed by atoms with Crippen molar-refractivity contribution in [2.75, 3.05) is 14.2 Å². The fourth-order valence-electron chi connectivity index (χ4n) is 2.50. The van der Waals surface area contributed by atoms with Crippen molar-refractivity contribution in [3.63, 3.8) is 0 Å². The Hall–Kier alpha value is -1.00. The molecule has 4 heteroatoms. The Morgan fingerprint density at radius 1 is 1.29 bits per heavy atom. The van der Waals surface area contributed by atoms with Gasteiger partial charge in [0, 0.05) is 26.3 Å². The van der Waals surface area contributed by atoms with Crippen LogP contribution >= 0.6 is 0 Å². The molecule has 1 aliphatic carbocycles. The van der Waals surface area contributed by atoms with Gasteiger partial charge in [0.25, 0.3) is 0 Å². The molecule has 1 saturated carbocycles. The summed E-state index contributed by atoms with van der Waals surface area (Å²) in [6, 6.07) is 1.85. The van der Waals surface area contributed by atoms with Gasteiger partial charge in [-0.1, -0.05) is 6.92 Å². The number of ether oxygens (including phenoxy) is 2. The minimum Gasteiger partial charge on any atom is -0.350 e. The molecule has 4 nitrogen and oxygen atoms in total. The zero-order chi connectivity index (χ0) is 12.3. The van der Waals surface area contributed by atoms with Gasteiger partial charge in [-0.05, 0) is 31.2 Å². The third kappa shape index (κ3) is 2.82. The van der Waals surface area contributed by atoms with Crippen molar-refractivity contribution in [3.8, 4) is 0 Å². The van der Waals surface area contributed by atoms with Crippen molar-refractivity contribution in [2.24, 2.45) is 5.92 Å². The van der Waals surface area contributed by atoms with Gasteiger partial charge in [-0.25, -0.2) is 9.97 Å². The summed E-state index contributed by atoms with van der Waals surface area (Å²) in [6.45, 7) is 2.29. The van der Waals surface area contributed by atoms with E-state index < -0.39 is 6.29 Å². The fraction of sp³-hybridized carbons (Fsp3) is 0.692. The van der Waals surface area contributed by atoms with E-state index in [0.29, 0.717) is 5.92 Å². The molecule has 1 fully saturated rings. The molecule has 0 aromatic carbocycles. The van der Waals surface area contributed by atoms with Gasteiger partial charge in [0.05, 0.1) is 5.69 Å². The molecule has 1 aliphatic rings. The molecule has 1 heterocycles. The lowest BCUT2D eigenvalue weighted by Gasteiger charge is -2.14. The van der Waals surface area contributed by atoms with Gasteiger partial charge in [0.2, 0.25) is 6.29 Å². The van der Waals surface area contributed by atoms with E-state index in [2.05, 4.69) is 16.9 Å². The number of hydrogen-bond donors (Lipinski definition) is 0. The average Bonchev–Trinajstić information content (AvgIpc) is 2.78. The summed E-state index contributed by atoms with van der Waals surface area (Å²) in [5, 5.41) is 0. The second-order valence-electron chi connectivity index (χ2n) is 4.76. The minimum absolute atomic E-state index is 0.393. The summed E-state index contributed by atoms with van der Waals surface area (Å²) in [4.78, 5) is 8.95.